The standard InChI is InChI=1S/C11H15NO3/c1-2-9(8-13)12-11(14)6-5-10-4-3-7-15-10/h3-7,9,13H,2,8H2,1H3,(H,12,14)/b6-5+/t9-/m0/s1. The summed E-state index contributed by atoms with van der Waals surface area (Å²) >= 11 is 0. The van der Waals surface area contributed by atoms with Gasteiger partial charge in [-0.3, -0.25) is 4.79 Å². The molecule has 0 aliphatic carbocycles. The van der Waals surface area contributed by atoms with E-state index in [-0.39, 0.29) is 18.6 Å². The van der Waals surface area contributed by atoms with Gasteiger partial charge < -0.3 is 14.8 Å². The minimum Gasteiger partial charge on any atom is -0.465 e. The molecule has 1 amide bonds. The molecule has 0 aliphatic heterocycles. The van der Waals surface area contributed by atoms with E-state index >= 15 is 0 Å². The molecule has 0 aliphatic rings. The molecule has 4 heteroatoms. The van der Waals surface area contributed by atoms with Crippen molar-refractivity contribution in [1.29, 1.82) is 0 Å². The summed E-state index contributed by atoms with van der Waals surface area (Å²) in [4.78, 5) is 11.3. The van der Waals surface area contributed by atoms with Crippen LogP contribution in [-0.2, 0) is 4.79 Å². The Morgan fingerprint density at radius 3 is 3.07 bits per heavy atom. The minimum atomic E-state index is -0.229. The van der Waals surface area contributed by atoms with Gasteiger partial charge in [-0.2, -0.15) is 0 Å². The maximum atomic E-state index is 11.3. The van der Waals surface area contributed by atoms with E-state index in [1.54, 1.807) is 24.5 Å². The summed E-state index contributed by atoms with van der Waals surface area (Å²) in [6.45, 7) is 1.86. The van der Waals surface area contributed by atoms with Gasteiger partial charge in [0.2, 0.25) is 5.91 Å². The highest BCUT2D eigenvalue weighted by molar-refractivity contribution is 5.91. The Morgan fingerprint density at radius 1 is 1.73 bits per heavy atom. The molecule has 15 heavy (non-hydrogen) atoms. The third-order valence-electron chi connectivity index (χ3n) is 2.00. The zero-order chi connectivity index (χ0) is 11.1. The number of carbonyl (C=O) groups excluding carboxylic acids is 1. The van der Waals surface area contributed by atoms with Crippen molar-refractivity contribution in [2.45, 2.75) is 19.4 Å². The van der Waals surface area contributed by atoms with Crippen molar-refractivity contribution >= 4 is 12.0 Å². The summed E-state index contributed by atoms with van der Waals surface area (Å²) in [5.41, 5.74) is 0. The van der Waals surface area contributed by atoms with Crippen LogP contribution in [0.3, 0.4) is 0 Å². The van der Waals surface area contributed by atoms with Gasteiger partial charge in [-0.25, -0.2) is 0 Å². The molecule has 1 aromatic heterocycles. The molecule has 0 unspecified atom stereocenters. The van der Waals surface area contributed by atoms with Crippen LogP contribution in [-0.4, -0.2) is 23.7 Å². The van der Waals surface area contributed by atoms with Gasteiger partial charge in [-0.1, -0.05) is 6.92 Å². The van der Waals surface area contributed by atoms with Gasteiger partial charge >= 0.3 is 0 Å². The summed E-state index contributed by atoms with van der Waals surface area (Å²) < 4.78 is 5.03. The minimum absolute atomic E-state index is 0.0448. The van der Waals surface area contributed by atoms with Crippen molar-refractivity contribution in [3.8, 4) is 0 Å². The van der Waals surface area contributed by atoms with Gasteiger partial charge in [-0.15, -0.1) is 0 Å². The van der Waals surface area contributed by atoms with Gasteiger partial charge in [0.15, 0.2) is 0 Å². The zero-order valence-electron chi connectivity index (χ0n) is 8.64. The zero-order valence-corrected chi connectivity index (χ0v) is 8.64. The van der Waals surface area contributed by atoms with Gasteiger partial charge in [0.1, 0.15) is 5.76 Å². The maximum absolute atomic E-state index is 11.3. The third-order valence-corrected chi connectivity index (χ3v) is 2.00. The van der Waals surface area contributed by atoms with Gasteiger partial charge in [0, 0.05) is 6.08 Å². The third kappa shape index (κ3) is 3.99. The van der Waals surface area contributed by atoms with Crippen LogP contribution in [0.25, 0.3) is 6.08 Å². The second-order valence-corrected chi connectivity index (χ2v) is 3.15. The maximum Gasteiger partial charge on any atom is 0.244 e. The molecule has 0 bridgehead atoms. The van der Waals surface area contributed by atoms with Crippen molar-refractivity contribution in [1.82, 2.24) is 5.32 Å². The average molecular weight is 209 g/mol. The van der Waals surface area contributed by atoms with E-state index in [2.05, 4.69) is 5.32 Å². The molecule has 1 rings (SSSR count). The number of nitrogens with one attached hydrogen (secondary N) is 1. The number of furan rings is 1. The number of aliphatic hydroxyl groups excluding tert-OH is 1. The van der Waals surface area contributed by atoms with E-state index in [0.29, 0.717) is 12.2 Å². The van der Waals surface area contributed by atoms with Crippen molar-refractivity contribution in [3.05, 3.63) is 30.2 Å². The number of amides is 1. The highest BCUT2D eigenvalue weighted by Crippen LogP contribution is 2.01. The van der Waals surface area contributed by atoms with Crippen LogP contribution >= 0.6 is 0 Å². The highest BCUT2D eigenvalue weighted by Gasteiger charge is 2.05. The van der Waals surface area contributed by atoms with Crippen molar-refractivity contribution in [2.24, 2.45) is 0 Å². The molecule has 0 saturated carbocycles. The van der Waals surface area contributed by atoms with Crippen LogP contribution < -0.4 is 5.32 Å². The molecule has 1 aromatic rings. The Hall–Kier alpha value is -1.55. The fourth-order valence-electron chi connectivity index (χ4n) is 1.07. The SMILES string of the molecule is CC[C@@H](CO)NC(=O)/C=C/c1ccco1. The summed E-state index contributed by atoms with van der Waals surface area (Å²) in [6.07, 6.45) is 5.22. The predicted molar refractivity (Wildman–Crippen MR) is 57.0 cm³/mol. The van der Waals surface area contributed by atoms with Gasteiger partial charge in [0.05, 0.1) is 18.9 Å². The average Bonchev–Trinajstić information content (AvgIpc) is 2.75. The number of hydrogen-bond acceptors (Lipinski definition) is 3. The van der Waals surface area contributed by atoms with Crippen LogP contribution in [0.1, 0.15) is 19.1 Å². The molecular formula is C11H15NO3. The monoisotopic (exact) mass is 209 g/mol. The lowest BCUT2D eigenvalue weighted by atomic mass is 10.2. The quantitative estimate of drug-likeness (QED) is 0.716. The first-order valence-corrected chi connectivity index (χ1v) is 4.89. The van der Waals surface area contributed by atoms with E-state index in [0.717, 1.165) is 0 Å². The summed E-state index contributed by atoms with van der Waals surface area (Å²) in [5, 5.41) is 11.5. The van der Waals surface area contributed by atoms with E-state index in [9.17, 15) is 4.79 Å². The molecule has 2 N–H and O–H groups in total. The molecule has 1 atom stereocenters. The lowest BCUT2D eigenvalue weighted by Crippen LogP contribution is -2.35. The number of aliphatic hydroxyl groups is 1. The van der Waals surface area contributed by atoms with Crippen molar-refractivity contribution in [2.75, 3.05) is 6.61 Å². The normalized spacial score (nSPS) is 12.9. The number of rotatable bonds is 5. The first-order valence-electron chi connectivity index (χ1n) is 4.89. The van der Waals surface area contributed by atoms with Crippen molar-refractivity contribution in [3.63, 3.8) is 0 Å². The summed E-state index contributed by atoms with van der Waals surface area (Å²) in [7, 11) is 0. The smallest absolute Gasteiger partial charge is 0.244 e. The largest absolute Gasteiger partial charge is 0.465 e. The number of carbonyl (C=O) groups is 1. The molecule has 0 aromatic carbocycles. The van der Waals surface area contributed by atoms with Crippen LogP contribution in [0.4, 0.5) is 0 Å². The van der Waals surface area contributed by atoms with Crippen LogP contribution in [0.2, 0.25) is 0 Å². The Balaban J connectivity index is 2.42. The van der Waals surface area contributed by atoms with E-state index < -0.39 is 0 Å². The summed E-state index contributed by atoms with van der Waals surface area (Å²) in [6, 6.07) is 3.33. The predicted octanol–water partition coefficient (Wildman–Crippen LogP) is 1.18. The van der Waals surface area contributed by atoms with Crippen LogP contribution in [0.5, 0.6) is 0 Å². The Bertz CT molecular complexity index is 313. The van der Waals surface area contributed by atoms with Crippen LogP contribution in [0, 0.1) is 0 Å². The van der Waals surface area contributed by atoms with Crippen LogP contribution in [0.15, 0.2) is 28.9 Å². The molecule has 0 radical (unpaired) electrons. The molecule has 0 spiro atoms. The van der Waals surface area contributed by atoms with E-state index in [1.165, 1.54) is 6.08 Å². The second kappa shape index (κ2) is 6.03. The second-order valence-electron chi connectivity index (χ2n) is 3.15. The van der Waals surface area contributed by atoms with Crippen molar-refractivity contribution < 1.29 is 14.3 Å². The molecule has 1 heterocycles. The van der Waals surface area contributed by atoms with Gasteiger partial charge in [0.25, 0.3) is 0 Å². The lowest BCUT2D eigenvalue weighted by molar-refractivity contribution is -0.117. The number of hydrogen-bond donors (Lipinski definition) is 2. The molecule has 4 nitrogen and oxygen atoms in total. The van der Waals surface area contributed by atoms with Gasteiger partial charge in [-0.05, 0) is 24.6 Å². The van der Waals surface area contributed by atoms with E-state index in [1.807, 2.05) is 6.92 Å². The Morgan fingerprint density at radius 2 is 2.53 bits per heavy atom. The Labute approximate surface area is 88.6 Å². The molecule has 0 saturated heterocycles. The molecular weight excluding hydrogens is 194 g/mol. The molecule has 0 fully saturated rings. The topological polar surface area (TPSA) is 62.5 Å². The first kappa shape index (κ1) is 11.5. The lowest BCUT2D eigenvalue weighted by Gasteiger charge is -2.11. The first-order chi connectivity index (χ1) is 7.26. The summed E-state index contributed by atoms with van der Waals surface area (Å²) in [5.74, 6) is 0.398. The Kier molecular flexibility index (Phi) is 4.63. The fraction of sp³-hybridized carbons (Fsp3) is 0.364. The van der Waals surface area contributed by atoms with E-state index in [4.69, 9.17) is 9.52 Å². The highest BCUT2D eigenvalue weighted by atomic mass is 16.3. The molecule has 82 valence electrons. The fourth-order valence-corrected chi connectivity index (χ4v) is 1.07.